The van der Waals surface area contributed by atoms with Crippen LogP contribution in [0.5, 0.6) is 5.75 Å². The molecule has 190 valence electrons. The van der Waals surface area contributed by atoms with Gasteiger partial charge in [0.1, 0.15) is 11.5 Å². The molecule has 0 bridgehead atoms. The fourth-order valence-corrected chi connectivity index (χ4v) is 4.69. The van der Waals surface area contributed by atoms with Crippen LogP contribution in [0.15, 0.2) is 96.6 Å². The number of esters is 1. The van der Waals surface area contributed by atoms with Crippen molar-refractivity contribution in [3.8, 4) is 5.75 Å². The van der Waals surface area contributed by atoms with Crippen molar-refractivity contribution >= 4 is 39.9 Å². The maximum absolute atomic E-state index is 13.5. The smallest absolute Gasteiger partial charge is 0.338 e. The highest BCUT2D eigenvalue weighted by atomic mass is 16.5. The Balaban J connectivity index is 1.67. The van der Waals surface area contributed by atoms with E-state index in [9.17, 15) is 24.6 Å². The summed E-state index contributed by atoms with van der Waals surface area (Å²) in [7, 11) is 0. The lowest BCUT2D eigenvalue weighted by molar-refractivity contribution is -0.132. The van der Waals surface area contributed by atoms with Crippen LogP contribution in [0.2, 0.25) is 0 Å². The summed E-state index contributed by atoms with van der Waals surface area (Å²) in [5, 5.41) is 23.0. The molecule has 1 amide bonds. The van der Waals surface area contributed by atoms with Crippen LogP contribution in [0.25, 0.3) is 16.5 Å². The summed E-state index contributed by atoms with van der Waals surface area (Å²) in [4.78, 5) is 40.5. The highest BCUT2D eigenvalue weighted by Crippen LogP contribution is 2.43. The highest BCUT2D eigenvalue weighted by Gasteiger charge is 2.47. The number of carbonyl (C=O) groups is 3. The predicted octanol–water partition coefficient (Wildman–Crippen LogP) is 5.74. The molecule has 4 aromatic rings. The number of anilines is 1. The van der Waals surface area contributed by atoms with Gasteiger partial charge in [0.2, 0.25) is 0 Å². The number of aromatic hydroxyl groups is 1. The molecule has 0 saturated carbocycles. The Morgan fingerprint density at radius 3 is 2.21 bits per heavy atom. The fraction of sp³-hybridized carbons (Fsp3) is 0.129. The van der Waals surface area contributed by atoms with Crippen molar-refractivity contribution in [2.75, 3.05) is 4.90 Å². The lowest BCUT2D eigenvalue weighted by Gasteiger charge is -2.25. The number of rotatable bonds is 5. The second-order valence-corrected chi connectivity index (χ2v) is 9.29. The molecule has 4 aromatic carbocycles. The standard InChI is InChI=1S/C31H25NO6/c1-18(2)38-31(37)21-10-14-22(15-11-21)32-27(20-12-16-23(33)17-13-20)26(29(35)30(32)36)28(34)25-9-5-7-19-6-3-4-8-24(19)25/h3-18,27,33-34H,1-2H3/b28-26-. The van der Waals surface area contributed by atoms with Crippen LogP contribution in [-0.2, 0) is 14.3 Å². The zero-order valence-corrected chi connectivity index (χ0v) is 20.8. The molecule has 7 nitrogen and oxygen atoms in total. The lowest BCUT2D eigenvalue weighted by Crippen LogP contribution is -2.29. The quantitative estimate of drug-likeness (QED) is 0.155. The number of ketones is 1. The van der Waals surface area contributed by atoms with Gasteiger partial charge >= 0.3 is 5.97 Å². The van der Waals surface area contributed by atoms with Crippen LogP contribution < -0.4 is 4.90 Å². The average molecular weight is 508 g/mol. The maximum Gasteiger partial charge on any atom is 0.338 e. The second kappa shape index (κ2) is 9.86. The van der Waals surface area contributed by atoms with E-state index >= 15 is 0 Å². The molecule has 0 radical (unpaired) electrons. The van der Waals surface area contributed by atoms with Gasteiger partial charge in [-0.1, -0.05) is 54.6 Å². The molecule has 1 heterocycles. The number of aliphatic hydroxyl groups excluding tert-OH is 1. The van der Waals surface area contributed by atoms with Crippen LogP contribution in [-0.4, -0.2) is 34.0 Å². The number of Topliss-reactive ketones (excluding diaryl/α,β-unsaturated/α-hetero) is 1. The van der Waals surface area contributed by atoms with Crippen molar-refractivity contribution in [1.82, 2.24) is 0 Å². The van der Waals surface area contributed by atoms with Gasteiger partial charge in [-0.3, -0.25) is 14.5 Å². The number of aliphatic hydroxyl groups is 1. The van der Waals surface area contributed by atoms with E-state index in [0.29, 0.717) is 22.4 Å². The third kappa shape index (κ3) is 4.39. The van der Waals surface area contributed by atoms with Crippen molar-refractivity contribution in [2.24, 2.45) is 0 Å². The Morgan fingerprint density at radius 1 is 0.868 bits per heavy atom. The minimum Gasteiger partial charge on any atom is -0.508 e. The fourth-order valence-electron chi connectivity index (χ4n) is 4.69. The van der Waals surface area contributed by atoms with Crippen LogP contribution >= 0.6 is 0 Å². The van der Waals surface area contributed by atoms with Crippen LogP contribution in [0.4, 0.5) is 5.69 Å². The van der Waals surface area contributed by atoms with Crippen molar-refractivity contribution in [3.05, 3.63) is 113 Å². The third-order valence-corrected chi connectivity index (χ3v) is 6.42. The number of carbonyl (C=O) groups excluding carboxylic acids is 3. The van der Waals surface area contributed by atoms with E-state index in [2.05, 4.69) is 0 Å². The number of ether oxygens (including phenoxy) is 1. The summed E-state index contributed by atoms with van der Waals surface area (Å²) in [5.41, 5.74) is 1.54. The van der Waals surface area contributed by atoms with Gasteiger partial charge in [0, 0.05) is 11.3 Å². The van der Waals surface area contributed by atoms with Crippen molar-refractivity contribution in [1.29, 1.82) is 0 Å². The summed E-state index contributed by atoms with van der Waals surface area (Å²) in [6.07, 6.45) is -0.288. The number of nitrogens with zero attached hydrogens (tertiary/aromatic N) is 1. The highest BCUT2D eigenvalue weighted by molar-refractivity contribution is 6.51. The van der Waals surface area contributed by atoms with Gasteiger partial charge in [-0.25, -0.2) is 4.79 Å². The monoisotopic (exact) mass is 507 g/mol. The number of phenolic OH excluding ortho intramolecular Hbond substituents is 1. The molecule has 2 N–H and O–H groups in total. The first-order chi connectivity index (χ1) is 18.3. The summed E-state index contributed by atoms with van der Waals surface area (Å²) >= 11 is 0. The first-order valence-corrected chi connectivity index (χ1v) is 12.2. The summed E-state index contributed by atoms with van der Waals surface area (Å²) in [6, 6.07) is 24.1. The van der Waals surface area contributed by atoms with E-state index in [-0.39, 0.29) is 23.2 Å². The summed E-state index contributed by atoms with van der Waals surface area (Å²) in [6.45, 7) is 3.50. The van der Waals surface area contributed by atoms with E-state index in [1.54, 1.807) is 50.2 Å². The molecule has 38 heavy (non-hydrogen) atoms. The minimum absolute atomic E-state index is 0.0211. The van der Waals surface area contributed by atoms with Gasteiger partial charge < -0.3 is 14.9 Å². The lowest BCUT2D eigenvalue weighted by atomic mass is 9.93. The third-order valence-electron chi connectivity index (χ3n) is 6.42. The average Bonchev–Trinajstić information content (AvgIpc) is 3.18. The Bertz CT molecular complexity index is 1580. The van der Waals surface area contributed by atoms with Crippen molar-refractivity contribution in [2.45, 2.75) is 26.0 Å². The number of hydrogen-bond donors (Lipinski definition) is 2. The van der Waals surface area contributed by atoms with E-state index < -0.39 is 23.7 Å². The molecule has 7 heteroatoms. The number of hydrogen-bond acceptors (Lipinski definition) is 6. The predicted molar refractivity (Wildman–Crippen MR) is 144 cm³/mol. The molecule has 1 aliphatic heterocycles. The van der Waals surface area contributed by atoms with E-state index in [0.717, 1.165) is 10.8 Å². The molecule has 0 aromatic heterocycles. The molecular formula is C31H25NO6. The van der Waals surface area contributed by atoms with Crippen LogP contribution in [0, 0.1) is 0 Å². The van der Waals surface area contributed by atoms with Gasteiger partial charge in [-0.15, -0.1) is 0 Å². The number of benzene rings is 4. The van der Waals surface area contributed by atoms with Crippen molar-refractivity contribution < 1.29 is 29.3 Å². The van der Waals surface area contributed by atoms with Crippen LogP contribution in [0.1, 0.15) is 41.4 Å². The largest absolute Gasteiger partial charge is 0.508 e. The number of fused-ring (bicyclic) bond motifs is 1. The molecule has 1 fully saturated rings. The molecule has 1 atom stereocenters. The Kier molecular flexibility index (Phi) is 6.43. The number of amides is 1. The summed E-state index contributed by atoms with van der Waals surface area (Å²) in [5.74, 6) is -2.43. The van der Waals surface area contributed by atoms with E-state index in [1.165, 1.54) is 29.2 Å². The van der Waals surface area contributed by atoms with Gasteiger partial charge in [0.25, 0.3) is 11.7 Å². The molecule has 0 spiro atoms. The van der Waals surface area contributed by atoms with Gasteiger partial charge in [0.05, 0.1) is 23.3 Å². The van der Waals surface area contributed by atoms with E-state index in [4.69, 9.17) is 4.74 Å². The van der Waals surface area contributed by atoms with Crippen LogP contribution in [0.3, 0.4) is 0 Å². The van der Waals surface area contributed by atoms with Gasteiger partial charge in [-0.2, -0.15) is 0 Å². The Morgan fingerprint density at radius 2 is 1.53 bits per heavy atom. The Hall–Kier alpha value is -4.91. The van der Waals surface area contributed by atoms with Gasteiger partial charge in [-0.05, 0) is 66.6 Å². The SMILES string of the molecule is CC(C)OC(=O)c1ccc(N2C(=O)C(=O)/C(=C(\O)c3cccc4ccccc34)C2c2ccc(O)cc2)cc1. The number of phenols is 1. The van der Waals surface area contributed by atoms with Crippen molar-refractivity contribution in [3.63, 3.8) is 0 Å². The molecule has 1 saturated heterocycles. The van der Waals surface area contributed by atoms with Gasteiger partial charge in [0.15, 0.2) is 0 Å². The first kappa shape index (κ1) is 24.8. The molecule has 1 aliphatic rings. The molecular weight excluding hydrogens is 482 g/mol. The topological polar surface area (TPSA) is 104 Å². The minimum atomic E-state index is -0.969. The Labute approximate surface area is 219 Å². The normalized spacial score (nSPS) is 16.8. The maximum atomic E-state index is 13.5. The second-order valence-electron chi connectivity index (χ2n) is 9.29. The molecule has 1 unspecified atom stereocenters. The van der Waals surface area contributed by atoms with E-state index in [1.807, 2.05) is 30.3 Å². The molecule has 5 rings (SSSR count). The summed E-state index contributed by atoms with van der Waals surface area (Å²) < 4.78 is 5.24. The molecule has 0 aliphatic carbocycles. The zero-order valence-electron chi connectivity index (χ0n) is 20.8. The zero-order chi connectivity index (χ0) is 27.0. The first-order valence-electron chi connectivity index (χ1n) is 12.2.